The van der Waals surface area contributed by atoms with Crippen LogP contribution >= 0.6 is 46.4 Å². The number of piperidine rings is 2. The smallest absolute Gasteiger partial charge is 0.254 e. The van der Waals surface area contributed by atoms with Crippen LogP contribution in [0.1, 0.15) is 60.4 Å². The van der Waals surface area contributed by atoms with Gasteiger partial charge in [-0.15, -0.1) is 0 Å². The summed E-state index contributed by atoms with van der Waals surface area (Å²) in [6, 6.07) is 10.4. The van der Waals surface area contributed by atoms with Gasteiger partial charge in [0.1, 0.15) is 7.11 Å². The Morgan fingerprint density at radius 2 is 1.64 bits per heavy atom. The van der Waals surface area contributed by atoms with Crippen LogP contribution < -0.4 is 0 Å². The molecule has 2 atom stereocenters. The van der Waals surface area contributed by atoms with Gasteiger partial charge in [0.25, 0.3) is 5.91 Å². The van der Waals surface area contributed by atoms with Crippen molar-refractivity contribution in [3.8, 4) is 0 Å². The average molecular weight is 728 g/mol. The first-order valence-corrected chi connectivity index (χ1v) is 17.4. The molecule has 2 aliphatic rings. The first-order valence-electron chi connectivity index (χ1n) is 15.9. The number of halogens is 4. The van der Waals surface area contributed by atoms with E-state index in [1.165, 1.54) is 7.11 Å². The number of carbonyl (C=O) groups excluding carboxylic acids is 3. The number of amides is 3. The molecule has 9 nitrogen and oxygen atoms in total. The van der Waals surface area contributed by atoms with Gasteiger partial charge in [0.15, 0.2) is 0 Å². The van der Waals surface area contributed by atoms with E-state index in [0.717, 1.165) is 57.4 Å². The summed E-state index contributed by atoms with van der Waals surface area (Å²) in [4.78, 5) is 51.8. The average Bonchev–Trinajstić information content (AvgIpc) is 3.03. The second kappa shape index (κ2) is 17.2. The van der Waals surface area contributed by atoms with Crippen LogP contribution in [0.3, 0.4) is 0 Å². The largest absolute Gasteiger partial charge is 0.399 e. The number of rotatable bonds is 12. The number of hydrogen-bond acceptors (Lipinski definition) is 6. The summed E-state index contributed by atoms with van der Waals surface area (Å²) in [5, 5.41) is 6.03. The summed E-state index contributed by atoms with van der Waals surface area (Å²) in [7, 11) is 6.64. The first-order chi connectivity index (χ1) is 22.4. The molecule has 0 spiro atoms. The predicted octanol–water partition coefficient (Wildman–Crippen LogP) is 6.73. The highest BCUT2D eigenvalue weighted by molar-refractivity contribution is 6.42. The number of carbonyl (C=O) groups is 3. The van der Waals surface area contributed by atoms with Crippen molar-refractivity contribution in [2.24, 2.45) is 11.1 Å². The molecule has 0 radical (unpaired) electrons. The molecule has 3 amide bonds. The topological polar surface area (TPSA) is 85.8 Å². The summed E-state index contributed by atoms with van der Waals surface area (Å²) in [5.41, 5.74) is 1.94. The van der Waals surface area contributed by atoms with Crippen molar-refractivity contribution in [1.29, 1.82) is 0 Å². The molecule has 2 unspecified atom stereocenters. The lowest BCUT2D eigenvalue weighted by Crippen LogP contribution is -2.52. The molecule has 0 N–H and O–H groups in total. The fourth-order valence-electron chi connectivity index (χ4n) is 6.47. The fraction of sp³-hybridized carbons (Fsp3) is 0.529. The summed E-state index contributed by atoms with van der Waals surface area (Å²) in [6.45, 7) is 3.39. The molecular weight excluding hydrogens is 684 g/mol. The Labute approximate surface area is 297 Å². The SMILES string of the molecule is CO/N=C(\CN(C)C(=O)c1cc(Cl)cc(Cl)c1)C(CCN1CCC(N2CCCC(CC(=O)N(C)C)C2=O)CC1)c1ccc(Cl)c(Cl)c1. The Bertz CT molecular complexity index is 1440. The molecule has 0 aliphatic carbocycles. The van der Waals surface area contributed by atoms with Gasteiger partial charge in [0.2, 0.25) is 11.8 Å². The van der Waals surface area contributed by atoms with Gasteiger partial charge in [-0.05, 0) is 74.5 Å². The lowest BCUT2D eigenvalue weighted by molar-refractivity contribution is -0.146. The normalized spacial score (nSPS) is 18.6. The van der Waals surface area contributed by atoms with Crippen molar-refractivity contribution in [3.05, 3.63) is 67.6 Å². The predicted molar refractivity (Wildman–Crippen MR) is 189 cm³/mol. The molecule has 4 rings (SSSR count). The van der Waals surface area contributed by atoms with E-state index >= 15 is 0 Å². The number of hydrogen-bond donors (Lipinski definition) is 0. The quantitative estimate of drug-likeness (QED) is 0.179. The zero-order valence-corrected chi connectivity index (χ0v) is 30.4. The van der Waals surface area contributed by atoms with Crippen LogP contribution in [0, 0.1) is 5.92 Å². The second-order valence-electron chi connectivity index (χ2n) is 12.5. The van der Waals surface area contributed by atoms with E-state index < -0.39 is 0 Å². The van der Waals surface area contributed by atoms with Crippen LogP contribution in [0.2, 0.25) is 20.1 Å². The number of oxime groups is 1. The maximum atomic E-state index is 13.4. The van der Waals surface area contributed by atoms with Crippen molar-refractivity contribution < 1.29 is 19.2 Å². The molecule has 2 aliphatic heterocycles. The third kappa shape index (κ3) is 9.98. The van der Waals surface area contributed by atoms with Crippen LogP contribution in [-0.2, 0) is 14.4 Å². The van der Waals surface area contributed by atoms with Crippen LogP contribution in [0.15, 0.2) is 41.6 Å². The Morgan fingerprint density at radius 1 is 0.957 bits per heavy atom. The van der Waals surface area contributed by atoms with Crippen LogP contribution in [0.4, 0.5) is 0 Å². The molecule has 0 saturated carbocycles. The zero-order valence-electron chi connectivity index (χ0n) is 27.4. The minimum absolute atomic E-state index is 0.00245. The maximum absolute atomic E-state index is 13.4. The molecular formula is C34H43Cl4N5O4. The van der Waals surface area contributed by atoms with Crippen molar-refractivity contribution in [1.82, 2.24) is 19.6 Å². The van der Waals surface area contributed by atoms with E-state index in [-0.39, 0.29) is 48.6 Å². The van der Waals surface area contributed by atoms with Gasteiger partial charge in [-0.25, -0.2) is 0 Å². The molecule has 47 heavy (non-hydrogen) atoms. The van der Waals surface area contributed by atoms with Crippen molar-refractivity contribution in [2.75, 3.05) is 61.0 Å². The monoisotopic (exact) mass is 725 g/mol. The number of likely N-dealkylation sites (tertiary alicyclic amines) is 2. The van der Waals surface area contributed by atoms with Gasteiger partial charge in [-0.3, -0.25) is 14.4 Å². The van der Waals surface area contributed by atoms with E-state index in [9.17, 15) is 14.4 Å². The van der Waals surface area contributed by atoms with Gasteiger partial charge in [-0.2, -0.15) is 0 Å². The second-order valence-corrected chi connectivity index (χ2v) is 14.2. The van der Waals surface area contributed by atoms with Crippen LogP contribution in [-0.4, -0.2) is 110 Å². The van der Waals surface area contributed by atoms with Gasteiger partial charge in [-0.1, -0.05) is 57.6 Å². The number of benzene rings is 2. The highest BCUT2D eigenvalue weighted by Gasteiger charge is 2.36. The van der Waals surface area contributed by atoms with Gasteiger partial charge in [0, 0.05) is 80.7 Å². The Hall–Kier alpha value is -2.56. The van der Waals surface area contributed by atoms with Crippen molar-refractivity contribution in [3.63, 3.8) is 0 Å². The molecule has 2 heterocycles. The van der Waals surface area contributed by atoms with Crippen LogP contribution in [0.25, 0.3) is 0 Å². The number of nitrogens with zero attached hydrogens (tertiary/aromatic N) is 5. The molecule has 0 bridgehead atoms. The Morgan fingerprint density at radius 3 is 2.26 bits per heavy atom. The van der Waals surface area contributed by atoms with Crippen molar-refractivity contribution >= 4 is 69.8 Å². The molecule has 2 saturated heterocycles. The fourth-order valence-corrected chi connectivity index (χ4v) is 7.31. The van der Waals surface area contributed by atoms with Crippen LogP contribution in [0.5, 0.6) is 0 Å². The van der Waals surface area contributed by atoms with Gasteiger partial charge in [0.05, 0.1) is 22.3 Å². The van der Waals surface area contributed by atoms with Gasteiger partial charge >= 0.3 is 0 Å². The van der Waals surface area contributed by atoms with E-state index in [1.807, 2.05) is 17.0 Å². The lowest BCUT2D eigenvalue weighted by Gasteiger charge is -2.42. The molecule has 2 aromatic rings. The Balaban J connectivity index is 1.44. The van der Waals surface area contributed by atoms with E-state index in [2.05, 4.69) is 10.1 Å². The Kier molecular flexibility index (Phi) is 13.6. The molecule has 0 aromatic heterocycles. The summed E-state index contributed by atoms with van der Waals surface area (Å²) >= 11 is 25.0. The molecule has 256 valence electrons. The zero-order chi connectivity index (χ0) is 34.2. The van der Waals surface area contributed by atoms with E-state index in [1.54, 1.807) is 55.2 Å². The molecule has 2 fully saturated rings. The summed E-state index contributed by atoms with van der Waals surface area (Å²) < 4.78 is 0. The molecule has 2 aromatic carbocycles. The highest BCUT2D eigenvalue weighted by Crippen LogP contribution is 2.32. The molecule has 13 heteroatoms. The van der Waals surface area contributed by atoms with E-state index in [0.29, 0.717) is 37.8 Å². The van der Waals surface area contributed by atoms with Crippen molar-refractivity contribution in [2.45, 2.75) is 50.5 Å². The summed E-state index contributed by atoms with van der Waals surface area (Å²) in [6.07, 6.45) is 4.39. The highest BCUT2D eigenvalue weighted by atomic mass is 35.5. The first kappa shape index (κ1) is 37.3. The maximum Gasteiger partial charge on any atom is 0.254 e. The third-order valence-corrected chi connectivity index (χ3v) is 10.2. The van der Waals surface area contributed by atoms with E-state index in [4.69, 9.17) is 51.2 Å². The minimum Gasteiger partial charge on any atom is -0.399 e. The van der Waals surface area contributed by atoms with Gasteiger partial charge < -0.3 is 24.4 Å². The lowest BCUT2D eigenvalue weighted by atomic mass is 9.89. The third-order valence-electron chi connectivity index (χ3n) is 9.05. The standard InChI is InChI=1S/C34H43Cl4N5O4/c1-40(2)32(44)19-23-6-5-12-43(34(23)46)27-9-13-42(14-10-27)15-11-28(22-7-8-29(37)30(38)18-22)31(39-47-4)21-41(3)33(45)24-16-25(35)20-26(36)17-24/h7-8,16-18,20,23,27-28H,5-6,9-15,19,21H2,1-4H3/b39-31+. The summed E-state index contributed by atoms with van der Waals surface area (Å²) in [5.74, 6) is -0.600. The minimum atomic E-state index is -0.256.